The Labute approximate surface area is 143 Å². The van der Waals surface area contributed by atoms with E-state index < -0.39 is 0 Å². The van der Waals surface area contributed by atoms with Gasteiger partial charge in [0.1, 0.15) is 11.8 Å². The fourth-order valence-corrected chi connectivity index (χ4v) is 3.77. The van der Waals surface area contributed by atoms with Gasteiger partial charge in [-0.2, -0.15) is 5.26 Å². The number of nitrogens with one attached hydrogen (secondary N) is 1. The van der Waals surface area contributed by atoms with Crippen molar-refractivity contribution in [1.82, 2.24) is 9.55 Å². The number of aromatic nitrogens is 2. The third-order valence-electron chi connectivity index (χ3n) is 3.97. The maximum atomic E-state index is 12.1. The molecule has 3 heterocycles. The van der Waals surface area contributed by atoms with Crippen molar-refractivity contribution in [3.8, 4) is 11.8 Å². The molecule has 0 unspecified atom stereocenters. The number of nitrogens with zero attached hydrogens (tertiary/aromatic N) is 3. The molecule has 4 rings (SSSR count). The maximum absolute atomic E-state index is 12.1. The van der Waals surface area contributed by atoms with Crippen LogP contribution in [-0.2, 0) is 17.8 Å². The highest BCUT2D eigenvalue weighted by Gasteiger charge is 2.22. The van der Waals surface area contributed by atoms with E-state index in [0.29, 0.717) is 18.1 Å². The Bertz CT molecular complexity index is 895. The molecule has 120 valence electrons. The van der Waals surface area contributed by atoms with Gasteiger partial charge in [-0.1, -0.05) is 17.8 Å². The van der Waals surface area contributed by atoms with Crippen LogP contribution in [0, 0.1) is 11.3 Å². The minimum Gasteiger partial charge on any atom is -0.493 e. The van der Waals surface area contributed by atoms with Crippen molar-refractivity contribution < 1.29 is 9.53 Å². The summed E-state index contributed by atoms with van der Waals surface area (Å²) in [7, 11) is 0. The van der Waals surface area contributed by atoms with Gasteiger partial charge in [-0.3, -0.25) is 4.79 Å². The molecule has 2 aliphatic heterocycles. The highest BCUT2D eigenvalue weighted by molar-refractivity contribution is 7.99. The SMILES string of the molecule is N#Cc1c(NC(=O)/C=C/c2ccc3c(c2)CCO3)nc2n1CCS2. The van der Waals surface area contributed by atoms with Gasteiger partial charge in [-0.25, -0.2) is 4.98 Å². The number of hydrogen-bond donors (Lipinski definition) is 1. The molecule has 0 saturated heterocycles. The van der Waals surface area contributed by atoms with E-state index in [1.54, 1.807) is 17.8 Å². The van der Waals surface area contributed by atoms with E-state index in [2.05, 4.69) is 16.4 Å². The fraction of sp³-hybridized carbons (Fsp3) is 0.235. The van der Waals surface area contributed by atoms with Crippen molar-refractivity contribution >= 4 is 29.6 Å². The van der Waals surface area contributed by atoms with E-state index in [9.17, 15) is 10.1 Å². The molecule has 1 aromatic heterocycles. The summed E-state index contributed by atoms with van der Waals surface area (Å²) >= 11 is 1.59. The second-order valence-corrected chi connectivity index (χ2v) is 6.55. The number of benzene rings is 1. The highest BCUT2D eigenvalue weighted by atomic mass is 32.2. The molecule has 0 bridgehead atoms. The van der Waals surface area contributed by atoms with Crippen molar-refractivity contribution in [1.29, 1.82) is 5.26 Å². The molecule has 2 aliphatic rings. The third kappa shape index (κ3) is 2.65. The standard InChI is InChI=1S/C17H14N4O2S/c18-10-13-16(20-17-21(13)6-8-24-17)19-15(22)4-2-11-1-3-14-12(9-11)5-7-23-14/h1-4,9H,5-8H2,(H,19,22)/b4-2+. The van der Waals surface area contributed by atoms with Crippen LogP contribution in [0.2, 0.25) is 0 Å². The molecule has 0 fully saturated rings. The van der Waals surface area contributed by atoms with Gasteiger partial charge in [0.05, 0.1) is 6.61 Å². The van der Waals surface area contributed by atoms with Crippen LogP contribution in [0.4, 0.5) is 5.82 Å². The van der Waals surface area contributed by atoms with Crippen LogP contribution < -0.4 is 10.1 Å². The number of thioether (sulfide) groups is 1. The molecule has 0 spiro atoms. The molecule has 1 N–H and O–H groups in total. The number of anilines is 1. The lowest BCUT2D eigenvalue weighted by atomic mass is 10.1. The first-order valence-electron chi connectivity index (χ1n) is 7.63. The summed E-state index contributed by atoms with van der Waals surface area (Å²) < 4.78 is 7.30. The Hall–Kier alpha value is -2.72. The average Bonchev–Trinajstić information content (AvgIpc) is 3.27. The van der Waals surface area contributed by atoms with Crippen LogP contribution in [0.5, 0.6) is 5.75 Å². The maximum Gasteiger partial charge on any atom is 0.249 e. The summed E-state index contributed by atoms with van der Waals surface area (Å²) in [6, 6.07) is 7.97. The van der Waals surface area contributed by atoms with Crippen LogP contribution in [0.25, 0.3) is 6.08 Å². The van der Waals surface area contributed by atoms with Crippen LogP contribution in [0.3, 0.4) is 0 Å². The summed E-state index contributed by atoms with van der Waals surface area (Å²) in [6.07, 6.45) is 4.10. The number of hydrogen-bond acceptors (Lipinski definition) is 5. The first kappa shape index (κ1) is 14.8. The second kappa shape index (κ2) is 6.06. The zero-order chi connectivity index (χ0) is 16.5. The topological polar surface area (TPSA) is 79.9 Å². The first-order valence-corrected chi connectivity index (χ1v) is 8.61. The van der Waals surface area contributed by atoms with Gasteiger partial charge >= 0.3 is 0 Å². The minimum atomic E-state index is -0.301. The van der Waals surface area contributed by atoms with E-state index >= 15 is 0 Å². The van der Waals surface area contributed by atoms with Gasteiger partial charge in [0.15, 0.2) is 16.7 Å². The lowest BCUT2D eigenvalue weighted by Gasteiger charge is -2.01. The van der Waals surface area contributed by atoms with Crippen molar-refractivity contribution in [2.45, 2.75) is 18.1 Å². The predicted octanol–water partition coefficient (Wildman–Crippen LogP) is 2.45. The molecule has 2 aromatic rings. The van der Waals surface area contributed by atoms with Gasteiger partial charge in [0.25, 0.3) is 0 Å². The minimum absolute atomic E-state index is 0.301. The first-order chi connectivity index (χ1) is 11.7. The van der Waals surface area contributed by atoms with Crippen molar-refractivity contribution in [3.05, 3.63) is 41.1 Å². The van der Waals surface area contributed by atoms with Gasteiger partial charge in [0.2, 0.25) is 5.91 Å². The lowest BCUT2D eigenvalue weighted by molar-refractivity contribution is -0.111. The summed E-state index contributed by atoms with van der Waals surface area (Å²) in [5.74, 6) is 1.86. The largest absolute Gasteiger partial charge is 0.493 e. The van der Waals surface area contributed by atoms with Crippen LogP contribution in [0.1, 0.15) is 16.8 Å². The summed E-state index contributed by atoms with van der Waals surface area (Å²) in [6.45, 7) is 1.46. The summed E-state index contributed by atoms with van der Waals surface area (Å²) in [5.41, 5.74) is 2.51. The highest BCUT2D eigenvalue weighted by Crippen LogP contribution is 2.30. The molecule has 1 amide bonds. The van der Waals surface area contributed by atoms with E-state index in [1.807, 2.05) is 22.8 Å². The third-order valence-corrected chi connectivity index (χ3v) is 4.92. The van der Waals surface area contributed by atoms with Crippen LogP contribution in [-0.4, -0.2) is 27.8 Å². The number of amides is 1. The molecular weight excluding hydrogens is 324 g/mol. The van der Waals surface area contributed by atoms with E-state index in [4.69, 9.17) is 4.74 Å². The molecule has 24 heavy (non-hydrogen) atoms. The Balaban J connectivity index is 1.48. The number of ether oxygens (including phenoxy) is 1. The van der Waals surface area contributed by atoms with Gasteiger partial charge in [-0.15, -0.1) is 0 Å². The molecule has 0 saturated carbocycles. The zero-order valence-electron chi connectivity index (χ0n) is 12.8. The Morgan fingerprint density at radius 1 is 1.50 bits per heavy atom. The van der Waals surface area contributed by atoms with E-state index in [-0.39, 0.29) is 5.91 Å². The molecular formula is C17H14N4O2S. The average molecular weight is 338 g/mol. The number of nitriles is 1. The van der Waals surface area contributed by atoms with E-state index in [1.165, 1.54) is 6.08 Å². The van der Waals surface area contributed by atoms with Gasteiger partial charge in [0, 0.05) is 24.8 Å². The molecule has 1 aromatic carbocycles. The predicted molar refractivity (Wildman–Crippen MR) is 91.0 cm³/mol. The number of rotatable bonds is 3. The fourth-order valence-electron chi connectivity index (χ4n) is 2.82. The molecule has 0 aliphatic carbocycles. The van der Waals surface area contributed by atoms with Crippen molar-refractivity contribution in [2.24, 2.45) is 0 Å². The Morgan fingerprint density at radius 3 is 3.29 bits per heavy atom. The summed E-state index contributed by atoms with van der Waals surface area (Å²) in [5, 5.41) is 12.8. The quantitative estimate of drug-likeness (QED) is 0.870. The molecule has 0 atom stereocenters. The van der Waals surface area contributed by atoms with E-state index in [0.717, 1.165) is 40.8 Å². The Kier molecular flexibility index (Phi) is 3.75. The van der Waals surface area contributed by atoms with Crippen molar-refractivity contribution in [3.63, 3.8) is 0 Å². The van der Waals surface area contributed by atoms with Crippen LogP contribution in [0.15, 0.2) is 29.4 Å². The van der Waals surface area contributed by atoms with Crippen molar-refractivity contribution in [2.75, 3.05) is 17.7 Å². The number of carbonyl (C=O) groups excluding carboxylic acids is 1. The normalized spacial score (nSPS) is 15.0. The lowest BCUT2D eigenvalue weighted by Crippen LogP contribution is -2.10. The number of imidazole rings is 1. The summed E-state index contributed by atoms with van der Waals surface area (Å²) in [4.78, 5) is 16.5. The second-order valence-electron chi connectivity index (χ2n) is 5.49. The number of fused-ring (bicyclic) bond motifs is 2. The zero-order valence-corrected chi connectivity index (χ0v) is 13.6. The number of carbonyl (C=O) groups is 1. The molecule has 0 radical (unpaired) electrons. The van der Waals surface area contributed by atoms with Gasteiger partial charge < -0.3 is 14.6 Å². The van der Waals surface area contributed by atoms with Gasteiger partial charge in [-0.05, 0) is 29.3 Å². The Morgan fingerprint density at radius 2 is 2.42 bits per heavy atom. The molecule has 7 heteroatoms. The molecule has 6 nitrogen and oxygen atoms in total. The van der Waals surface area contributed by atoms with Crippen LogP contribution >= 0.6 is 11.8 Å². The smallest absolute Gasteiger partial charge is 0.249 e. The monoisotopic (exact) mass is 338 g/mol.